The molecule has 4 rings (SSSR count). The van der Waals surface area contributed by atoms with Crippen molar-refractivity contribution in [2.24, 2.45) is 0 Å². The molecular weight excluding hydrogens is 372 g/mol. The van der Waals surface area contributed by atoms with Gasteiger partial charge in [0.25, 0.3) is 0 Å². The summed E-state index contributed by atoms with van der Waals surface area (Å²) in [5.41, 5.74) is 1.29. The second-order valence-corrected chi connectivity index (χ2v) is 7.44. The third-order valence-electron chi connectivity index (χ3n) is 5.44. The van der Waals surface area contributed by atoms with Gasteiger partial charge in [0.15, 0.2) is 11.6 Å². The molecule has 0 aliphatic heterocycles. The smallest absolute Gasteiger partial charge is 0.163 e. The molecule has 0 N–H and O–H groups in total. The van der Waals surface area contributed by atoms with E-state index in [1.54, 1.807) is 12.1 Å². The molecule has 0 aromatic heterocycles. The predicted octanol–water partition coefficient (Wildman–Crippen LogP) is 6.19. The van der Waals surface area contributed by atoms with E-state index in [-0.39, 0.29) is 43.0 Å². The van der Waals surface area contributed by atoms with Gasteiger partial charge in [-0.25, -0.2) is 0 Å². The number of benzene rings is 4. The highest BCUT2D eigenvalue weighted by atomic mass is 16.1. The third kappa shape index (κ3) is 4.20. The van der Waals surface area contributed by atoms with E-state index in [2.05, 4.69) is 0 Å². The number of rotatable bonds is 8. The van der Waals surface area contributed by atoms with Crippen molar-refractivity contribution < 1.29 is 14.4 Å². The highest BCUT2D eigenvalue weighted by molar-refractivity contribution is 6.10. The van der Waals surface area contributed by atoms with E-state index >= 15 is 0 Å². The van der Waals surface area contributed by atoms with Crippen LogP contribution in [-0.4, -0.2) is 17.3 Å². The van der Waals surface area contributed by atoms with Gasteiger partial charge in [0.1, 0.15) is 5.78 Å². The van der Waals surface area contributed by atoms with Crippen LogP contribution >= 0.6 is 0 Å². The molecule has 3 nitrogen and oxygen atoms in total. The van der Waals surface area contributed by atoms with Crippen LogP contribution in [0.5, 0.6) is 0 Å². The number of carbonyl (C=O) groups is 3. The number of Topliss-reactive ketones (excluding diaryl/α,β-unsaturated/α-hetero) is 3. The predicted molar refractivity (Wildman–Crippen MR) is 120 cm³/mol. The molecule has 3 heteroatoms. The van der Waals surface area contributed by atoms with E-state index in [0.29, 0.717) is 11.1 Å². The molecule has 4 aromatic rings. The molecule has 0 spiro atoms. The number of hydrogen-bond donors (Lipinski definition) is 0. The van der Waals surface area contributed by atoms with Gasteiger partial charge >= 0.3 is 0 Å². The van der Waals surface area contributed by atoms with Gasteiger partial charge in [-0.05, 0) is 21.5 Å². The summed E-state index contributed by atoms with van der Waals surface area (Å²) in [6, 6.07) is 26.7. The lowest BCUT2D eigenvalue weighted by atomic mass is 9.96. The fraction of sp³-hybridized carbons (Fsp3) is 0.148. The van der Waals surface area contributed by atoms with Crippen molar-refractivity contribution in [2.45, 2.75) is 25.7 Å². The van der Waals surface area contributed by atoms with E-state index in [1.165, 1.54) is 0 Å². The number of fused-ring (bicyclic) bond motifs is 2. The number of carbonyl (C=O) groups excluding carboxylic acids is 3. The molecule has 0 fully saturated rings. The molecule has 4 aromatic carbocycles. The molecule has 0 aliphatic rings. The Kier molecular flexibility index (Phi) is 5.80. The maximum atomic E-state index is 12.7. The zero-order valence-corrected chi connectivity index (χ0v) is 16.6. The highest BCUT2D eigenvalue weighted by Crippen LogP contribution is 2.22. The first kappa shape index (κ1) is 19.7. The van der Waals surface area contributed by atoms with Crippen molar-refractivity contribution in [1.29, 1.82) is 0 Å². The Bertz CT molecular complexity index is 1150. The van der Waals surface area contributed by atoms with Crippen LogP contribution in [-0.2, 0) is 4.79 Å². The molecule has 0 bridgehead atoms. The standard InChI is InChI=1S/C27H22O3/c28-21(15-17-26(29)24-13-5-9-19-7-1-3-11-22(19)24)16-18-27(30)25-14-6-10-20-8-2-4-12-23(20)25/h1-14H,15-18H2. The number of ketones is 3. The fourth-order valence-electron chi connectivity index (χ4n) is 3.84. The monoisotopic (exact) mass is 394 g/mol. The Morgan fingerprint density at radius 3 is 1.33 bits per heavy atom. The second kappa shape index (κ2) is 8.83. The van der Waals surface area contributed by atoms with Gasteiger partial charge < -0.3 is 0 Å². The lowest BCUT2D eigenvalue weighted by Gasteiger charge is -2.07. The molecule has 0 saturated carbocycles. The molecule has 0 saturated heterocycles. The molecule has 30 heavy (non-hydrogen) atoms. The summed E-state index contributed by atoms with van der Waals surface area (Å²) in [7, 11) is 0. The van der Waals surface area contributed by atoms with Crippen molar-refractivity contribution in [3.8, 4) is 0 Å². The molecule has 0 unspecified atom stereocenters. The van der Waals surface area contributed by atoms with E-state index in [4.69, 9.17) is 0 Å². The summed E-state index contributed by atoms with van der Waals surface area (Å²) in [4.78, 5) is 37.6. The number of hydrogen-bond acceptors (Lipinski definition) is 3. The molecule has 148 valence electrons. The van der Waals surface area contributed by atoms with Crippen LogP contribution in [0.15, 0.2) is 84.9 Å². The minimum absolute atomic E-state index is 0.0412. The summed E-state index contributed by atoms with van der Waals surface area (Å²) in [6.45, 7) is 0. The van der Waals surface area contributed by atoms with E-state index in [9.17, 15) is 14.4 Å². The van der Waals surface area contributed by atoms with Gasteiger partial charge in [-0.15, -0.1) is 0 Å². The quantitative estimate of drug-likeness (QED) is 0.335. The van der Waals surface area contributed by atoms with Crippen molar-refractivity contribution in [3.63, 3.8) is 0 Å². The highest BCUT2D eigenvalue weighted by Gasteiger charge is 2.15. The largest absolute Gasteiger partial charge is 0.300 e. The SMILES string of the molecule is O=C(CCC(=O)c1cccc2ccccc12)CCC(=O)c1cccc2ccccc12. The molecule has 0 heterocycles. The van der Waals surface area contributed by atoms with Gasteiger partial charge in [0.2, 0.25) is 0 Å². The molecule has 0 atom stereocenters. The van der Waals surface area contributed by atoms with Gasteiger partial charge in [-0.3, -0.25) is 14.4 Å². The second-order valence-electron chi connectivity index (χ2n) is 7.44. The summed E-state index contributed by atoms with van der Waals surface area (Å²) >= 11 is 0. The molecular formula is C27H22O3. The van der Waals surface area contributed by atoms with Crippen LogP contribution in [0.4, 0.5) is 0 Å². The lowest BCUT2D eigenvalue weighted by molar-refractivity contribution is -0.119. The summed E-state index contributed by atoms with van der Waals surface area (Å²) in [5, 5.41) is 3.83. The zero-order valence-electron chi connectivity index (χ0n) is 16.6. The Morgan fingerprint density at radius 1 is 0.467 bits per heavy atom. The van der Waals surface area contributed by atoms with Crippen LogP contribution in [0, 0.1) is 0 Å². The Hall–Kier alpha value is -3.59. The van der Waals surface area contributed by atoms with Gasteiger partial charge in [-0.1, -0.05) is 84.9 Å². The van der Waals surface area contributed by atoms with Crippen molar-refractivity contribution in [2.75, 3.05) is 0 Å². The topological polar surface area (TPSA) is 51.2 Å². The van der Waals surface area contributed by atoms with Crippen molar-refractivity contribution in [1.82, 2.24) is 0 Å². The van der Waals surface area contributed by atoms with Crippen LogP contribution in [0.3, 0.4) is 0 Å². The van der Waals surface area contributed by atoms with Crippen LogP contribution in [0.1, 0.15) is 46.4 Å². The maximum Gasteiger partial charge on any atom is 0.163 e. The van der Waals surface area contributed by atoms with Crippen molar-refractivity contribution >= 4 is 38.9 Å². The maximum absolute atomic E-state index is 12.7. The third-order valence-corrected chi connectivity index (χ3v) is 5.44. The summed E-state index contributed by atoms with van der Waals surface area (Å²) in [6.07, 6.45) is 0.639. The first-order valence-corrected chi connectivity index (χ1v) is 10.2. The summed E-state index contributed by atoms with van der Waals surface area (Å²) in [5.74, 6) is -0.141. The van der Waals surface area contributed by atoms with Gasteiger partial charge in [-0.2, -0.15) is 0 Å². The lowest BCUT2D eigenvalue weighted by Crippen LogP contribution is -2.08. The van der Waals surface area contributed by atoms with Gasteiger partial charge in [0, 0.05) is 36.8 Å². The molecule has 0 radical (unpaired) electrons. The average molecular weight is 394 g/mol. The fourth-order valence-corrected chi connectivity index (χ4v) is 3.84. The van der Waals surface area contributed by atoms with Crippen LogP contribution in [0.25, 0.3) is 21.5 Å². The van der Waals surface area contributed by atoms with Gasteiger partial charge in [0.05, 0.1) is 0 Å². The Labute approximate surface area is 175 Å². The Balaban J connectivity index is 1.36. The molecule has 0 aliphatic carbocycles. The van der Waals surface area contributed by atoms with Crippen LogP contribution < -0.4 is 0 Å². The van der Waals surface area contributed by atoms with Crippen LogP contribution in [0.2, 0.25) is 0 Å². The molecule has 0 amide bonds. The van der Waals surface area contributed by atoms with E-state index in [0.717, 1.165) is 21.5 Å². The first-order chi connectivity index (χ1) is 14.6. The van der Waals surface area contributed by atoms with Crippen molar-refractivity contribution in [3.05, 3.63) is 96.1 Å². The minimum atomic E-state index is -0.0582. The first-order valence-electron chi connectivity index (χ1n) is 10.2. The van der Waals surface area contributed by atoms with E-state index in [1.807, 2.05) is 72.8 Å². The zero-order chi connectivity index (χ0) is 20.9. The van der Waals surface area contributed by atoms with E-state index < -0.39 is 0 Å². The Morgan fingerprint density at radius 2 is 0.867 bits per heavy atom. The minimum Gasteiger partial charge on any atom is -0.300 e. The normalized spacial score (nSPS) is 10.9. The summed E-state index contributed by atoms with van der Waals surface area (Å²) < 4.78 is 0. The average Bonchev–Trinajstić information content (AvgIpc) is 2.80.